The lowest BCUT2D eigenvalue weighted by molar-refractivity contribution is -0.385. The molecule has 0 unspecified atom stereocenters. The molecule has 0 atom stereocenters. The molecule has 0 spiro atoms. The van der Waals surface area contributed by atoms with E-state index in [1.54, 1.807) is 19.1 Å². The number of sulfonamides is 1. The number of hydrazone groups is 1. The summed E-state index contributed by atoms with van der Waals surface area (Å²) in [6.45, 7) is 1.74. The van der Waals surface area contributed by atoms with E-state index in [0.717, 1.165) is 16.1 Å². The summed E-state index contributed by atoms with van der Waals surface area (Å²) >= 11 is 9.48. The van der Waals surface area contributed by atoms with Gasteiger partial charge in [-0.25, -0.2) is 8.42 Å². The van der Waals surface area contributed by atoms with Crippen LogP contribution in [0.15, 0.2) is 81.2 Å². The highest BCUT2D eigenvalue weighted by Gasteiger charge is 2.23. The van der Waals surface area contributed by atoms with Crippen LogP contribution in [0.25, 0.3) is 0 Å². The summed E-state index contributed by atoms with van der Waals surface area (Å²) in [6, 6.07) is 17.1. The van der Waals surface area contributed by atoms with Crippen molar-refractivity contribution in [1.82, 2.24) is 0 Å². The zero-order valence-corrected chi connectivity index (χ0v) is 19.2. The average molecular weight is 524 g/mol. The fraction of sp³-hybridized carbons (Fsp3) is 0.0500. The van der Waals surface area contributed by atoms with Crippen LogP contribution in [0.1, 0.15) is 12.5 Å². The van der Waals surface area contributed by atoms with E-state index in [0.29, 0.717) is 5.71 Å². The third kappa shape index (κ3) is 5.40. The Morgan fingerprint density at radius 1 is 1.06 bits per heavy atom. The normalized spacial score (nSPS) is 11.8. The molecule has 160 valence electrons. The van der Waals surface area contributed by atoms with Crippen molar-refractivity contribution in [3.05, 3.63) is 91.9 Å². The van der Waals surface area contributed by atoms with Crippen LogP contribution in [0, 0.1) is 10.1 Å². The van der Waals surface area contributed by atoms with Crippen molar-refractivity contribution in [3.63, 3.8) is 0 Å². The van der Waals surface area contributed by atoms with Crippen molar-refractivity contribution < 1.29 is 13.3 Å². The lowest BCUT2D eigenvalue weighted by Crippen LogP contribution is -2.15. The summed E-state index contributed by atoms with van der Waals surface area (Å²) in [5.74, 6) is 0. The van der Waals surface area contributed by atoms with Gasteiger partial charge in [0.15, 0.2) is 0 Å². The summed E-state index contributed by atoms with van der Waals surface area (Å²) < 4.78 is 29.2. The van der Waals surface area contributed by atoms with Gasteiger partial charge in [-0.05, 0) is 31.2 Å². The Labute approximate surface area is 192 Å². The minimum atomic E-state index is -4.22. The molecule has 0 saturated carbocycles. The van der Waals surface area contributed by atoms with Crippen molar-refractivity contribution in [1.29, 1.82) is 0 Å². The van der Waals surface area contributed by atoms with Crippen molar-refractivity contribution in [2.24, 2.45) is 5.10 Å². The summed E-state index contributed by atoms with van der Waals surface area (Å²) in [5.41, 5.74) is 3.92. The quantitative estimate of drug-likeness (QED) is 0.236. The van der Waals surface area contributed by atoms with Gasteiger partial charge in [-0.15, -0.1) is 0 Å². The molecule has 0 aliphatic carbocycles. The van der Waals surface area contributed by atoms with E-state index in [9.17, 15) is 18.5 Å². The Hall–Kier alpha value is -2.95. The molecule has 0 saturated heterocycles. The molecule has 3 rings (SSSR count). The molecule has 8 nitrogen and oxygen atoms in total. The Morgan fingerprint density at radius 2 is 1.74 bits per heavy atom. The zero-order chi connectivity index (χ0) is 22.6. The lowest BCUT2D eigenvalue weighted by atomic mass is 10.1. The summed E-state index contributed by atoms with van der Waals surface area (Å²) in [7, 11) is -4.22. The van der Waals surface area contributed by atoms with Gasteiger partial charge in [0.25, 0.3) is 15.7 Å². The van der Waals surface area contributed by atoms with E-state index in [4.69, 9.17) is 11.6 Å². The average Bonchev–Trinajstić information content (AvgIpc) is 2.73. The molecule has 31 heavy (non-hydrogen) atoms. The monoisotopic (exact) mass is 522 g/mol. The Morgan fingerprint density at radius 3 is 2.42 bits per heavy atom. The number of hydrogen-bond acceptors (Lipinski definition) is 6. The molecular weight excluding hydrogens is 508 g/mol. The fourth-order valence-electron chi connectivity index (χ4n) is 2.64. The smallest absolute Gasteiger partial charge is 0.270 e. The first kappa shape index (κ1) is 22.7. The first-order valence-electron chi connectivity index (χ1n) is 8.80. The van der Waals surface area contributed by atoms with E-state index in [1.807, 2.05) is 24.3 Å². The van der Waals surface area contributed by atoms with E-state index in [2.05, 4.69) is 31.2 Å². The van der Waals surface area contributed by atoms with Gasteiger partial charge < -0.3 is 0 Å². The van der Waals surface area contributed by atoms with Crippen molar-refractivity contribution in [3.8, 4) is 0 Å². The maximum absolute atomic E-state index is 13.0. The highest BCUT2D eigenvalue weighted by molar-refractivity contribution is 9.10. The number of benzene rings is 3. The molecule has 3 aromatic carbocycles. The van der Waals surface area contributed by atoms with Gasteiger partial charge in [0.1, 0.15) is 4.90 Å². The Balaban J connectivity index is 2.02. The first-order valence-corrected chi connectivity index (χ1v) is 11.5. The molecule has 0 amide bonds. The minimum Gasteiger partial charge on any atom is -0.278 e. The number of nitrogens with one attached hydrogen (secondary N) is 2. The molecule has 0 aliphatic rings. The topological polar surface area (TPSA) is 114 Å². The highest BCUT2D eigenvalue weighted by atomic mass is 79.9. The van der Waals surface area contributed by atoms with Gasteiger partial charge in [-0.2, -0.15) is 5.10 Å². The van der Waals surface area contributed by atoms with Crippen LogP contribution in [0.4, 0.5) is 17.1 Å². The van der Waals surface area contributed by atoms with Crippen molar-refractivity contribution >= 4 is 60.3 Å². The maximum Gasteiger partial charge on any atom is 0.270 e. The Kier molecular flexibility index (Phi) is 6.94. The molecule has 11 heteroatoms. The lowest BCUT2D eigenvalue weighted by Gasteiger charge is -2.13. The number of anilines is 2. The zero-order valence-electron chi connectivity index (χ0n) is 16.0. The summed E-state index contributed by atoms with van der Waals surface area (Å²) in [5, 5.41) is 15.6. The molecule has 0 bridgehead atoms. The Bertz CT molecular complexity index is 1280. The van der Waals surface area contributed by atoms with Gasteiger partial charge in [0.2, 0.25) is 0 Å². The number of hydrogen-bond donors (Lipinski definition) is 2. The van der Waals surface area contributed by atoms with Crippen LogP contribution >= 0.6 is 27.5 Å². The number of halogens is 2. The number of nitro groups is 1. The summed E-state index contributed by atoms with van der Waals surface area (Å²) in [4.78, 5) is 10.2. The van der Waals surface area contributed by atoms with Crippen LogP contribution in [-0.4, -0.2) is 19.1 Å². The predicted octanol–water partition coefficient (Wildman–Crippen LogP) is 5.65. The van der Waals surface area contributed by atoms with Gasteiger partial charge in [0, 0.05) is 22.2 Å². The second kappa shape index (κ2) is 9.46. The van der Waals surface area contributed by atoms with Crippen molar-refractivity contribution in [2.45, 2.75) is 11.8 Å². The third-order valence-electron chi connectivity index (χ3n) is 4.19. The van der Waals surface area contributed by atoms with E-state index >= 15 is 0 Å². The number of nitrogens with zero attached hydrogens (tertiary/aromatic N) is 2. The second-order valence-electron chi connectivity index (χ2n) is 6.31. The highest BCUT2D eigenvalue weighted by Crippen LogP contribution is 2.30. The number of rotatable bonds is 7. The number of nitro benzene ring substituents is 1. The maximum atomic E-state index is 13.0. The summed E-state index contributed by atoms with van der Waals surface area (Å²) in [6.07, 6.45) is 0. The van der Waals surface area contributed by atoms with E-state index in [1.165, 1.54) is 24.3 Å². The van der Waals surface area contributed by atoms with Crippen LogP contribution in [0.5, 0.6) is 0 Å². The second-order valence-corrected chi connectivity index (χ2v) is 9.22. The largest absolute Gasteiger partial charge is 0.278 e. The molecule has 0 heterocycles. The van der Waals surface area contributed by atoms with Gasteiger partial charge in [0.05, 0.1) is 27.0 Å². The number of para-hydroxylation sites is 1. The number of non-ortho nitro benzene ring substituents is 1. The van der Waals surface area contributed by atoms with Crippen LogP contribution in [-0.2, 0) is 10.0 Å². The molecular formula is C20H16BrClN4O4S. The van der Waals surface area contributed by atoms with E-state index in [-0.39, 0.29) is 27.0 Å². The molecule has 0 aromatic heterocycles. The van der Waals surface area contributed by atoms with Crippen LogP contribution in [0.3, 0.4) is 0 Å². The predicted molar refractivity (Wildman–Crippen MR) is 125 cm³/mol. The fourth-order valence-corrected chi connectivity index (χ4v) is 4.71. The van der Waals surface area contributed by atoms with Crippen LogP contribution < -0.4 is 10.1 Å². The van der Waals surface area contributed by atoms with E-state index < -0.39 is 14.9 Å². The third-order valence-corrected chi connectivity index (χ3v) is 6.62. The van der Waals surface area contributed by atoms with Gasteiger partial charge >= 0.3 is 0 Å². The molecule has 3 aromatic rings. The molecule has 0 radical (unpaired) electrons. The molecule has 0 fully saturated rings. The standard InChI is InChI=1S/C20H16BrClN4O4S/c1-13(15-6-2-3-7-16(15)21)23-24-19-11-10-14(26(27)28)12-20(19)31(29,30)25-18-9-5-4-8-17(18)22/h2-12,24-25H,1H3/b23-13+. The van der Waals surface area contributed by atoms with Gasteiger partial charge in [-0.1, -0.05) is 57.9 Å². The van der Waals surface area contributed by atoms with Gasteiger partial charge in [-0.3, -0.25) is 20.3 Å². The molecule has 0 aliphatic heterocycles. The van der Waals surface area contributed by atoms with Crippen LogP contribution in [0.2, 0.25) is 5.02 Å². The minimum absolute atomic E-state index is 0.0663. The van der Waals surface area contributed by atoms with Crippen molar-refractivity contribution in [2.75, 3.05) is 10.1 Å². The first-order chi connectivity index (χ1) is 14.7. The SMILES string of the molecule is C/C(=N\Nc1ccc([N+](=O)[O-])cc1S(=O)(=O)Nc1ccccc1Cl)c1ccccc1Br. The molecule has 2 N–H and O–H groups in total.